The summed E-state index contributed by atoms with van der Waals surface area (Å²) in [5.41, 5.74) is 3.45. The van der Waals surface area contributed by atoms with Crippen molar-refractivity contribution in [2.45, 2.75) is 25.9 Å². The number of benzene rings is 1. The molecule has 0 atom stereocenters. The van der Waals surface area contributed by atoms with Crippen LogP contribution in [0.25, 0.3) is 0 Å². The Balaban J connectivity index is 1.54. The number of likely N-dealkylation sites (tertiary alicyclic amines) is 1. The molecule has 0 radical (unpaired) electrons. The summed E-state index contributed by atoms with van der Waals surface area (Å²) >= 11 is 1.45. The number of hydrogen-bond donors (Lipinski definition) is 0. The first-order valence-corrected chi connectivity index (χ1v) is 8.07. The van der Waals surface area contributed by atoms with Gasteiger partial charge in [0.15, 0.2) is 0 Å². The van der Waals surface area contributed by atoms with Crippen LogP contribution < -0.4 is 4.74 Å². The van der Waals surface area contributed by atoms with Gasteiger partial charge in [-0.3, -0.25) is 4.79 Å². The van der Waals surface area contributed by atoms with Crippen molar-refractivity contribution >= 4 is 17.2 Å². The van der Waals surface area contributed by atoms with E-state index in [0.717, 1.165) is 31.7 Å². The van der Waals surface area contributed by atoms with Crippen molar-refractivity contribution in [1.29, 1.82) is 0 Å². The van der Waals surface area contributed by atoms with Crippen LogP contribution in [0.1, 0.15) is 28.9 Å². The first-order chi connectivity index (χ1) is 10.2. The Morgan fingerprint density at radius 1 is 1.38 bits per heavy atom. The van der Waals surface area contributed by atoms with Gasteiger partial charge in [0, 0.05) is 31.3 Å². The average Bonchev–Trinajstić information content (AvgIpc) is 3.01. The Morgan fingerprint density at radius 2 is 2.19 bits per heavy atom. The molecule has 2 heterocycles. The number of rotatable bonds is 3. The van der Waals surface area contributed by atoms with Gasteiger partial charge in [-0.15, -0.1) is 11.3 Å². The quantitative estimate of drug-likeness (QED) is 0.875. The molecule has 1 aromatic heterocycles. The van der Waals surface area contributed by atoms with Gasteiger partial charge in [0.2, 0.25) is 0 Å². The molecule has 1 fully saturated rings. The number of hydrogen-bond acceptors (Lipinski definition) is 4. The number of ether oxygens (including phenoxy) is 1. The van der Waals surface area contributed by atoms with E-state index in [2.05, 4.69) is 18.0 Å². The number of aryl methyl sites for hydroxylation is 1. The maximum atomic E-state index is 12.2. The highest BCUT2D eigenvalue weighted by molar-refractivity contribution is 7.07. The lowest BCUT2D eigenvalue weighted by Gasteiger charge is -2.31. The second-order valence-corrected chi connectivity index (χ2v) is 6.02. The Bertz CT molecular complexity index is 604. The summed E-state index contributed by atoms with van der Waals surface area (Å²) in [7, 11) is 0. The molecule has 4 nitrogen and oxygen atoms in total. The largest absolute Gasteiger partial charge is 0.490 e. The van der Waals surface area contributed by atoms with Gasteiger partial charge in [-0.25, -0.2) is 4.98 Å². The third kappa shape index (κ3) is 3.42. The van der Waals surface area contributed by atoms with Crippen molar-refractivity contribution in [3.05, 3.63) is 46.4 Å². The highest BCUT2D eigenvalue weighted by Crippen LogP contribution is 2.21. The van der Waals surface area contributed by atoms with Crippen LogP contribution in [0.15, 0.2) is 35.2 Å². The molecule has 1 aliphatic rings. The molecule has 110 valence electrons. The second kappa shape index (κ2) is 6.26. The number of amides is 1. The number of aromatic nitrogens is 1. The summed E-state index contributed by atoms with van der Waals surface area (Å²) in [6.07, 6.45) is 1.92. The molecule has 5 heteroatoms. The standard InChI is InChI=1S/C16H18N2O2S/c1-12-3-2-4-14(9-12)20-13-5-7-18(8-6-13)16(19)15-10-21-11-17-15/h2-4,9-11,13H,5-8H2,1H3. The molecule has 2 aromatic rings. The highest BCUT2D eigenvalue weighted by atomic mass is 32.1. The van der Waals surface area contributed by atoms with Crippen LogP contribution in [0.5, 0.6) is 5.75 Å². The zero-order chi connectivity index (χ0) is 14.7. The van der Waals surface area contributed by atoms with Crippen molar-refractivity contribution in [2.24, 2.45) is 0 Å². The van der Waals surface area contributed by atoms with Gasteiger partial charge in [0.1, 0.15) is 17.5 Å². The predicted octanol–water partition coefficient (Wildman–Crippen LogP) is 3.14. The molecular weight excluding hydrogens is 284 g/mol. The lowest BCUT2D eigenvalue weighted by atomic mass is 10.1. The topological polar surface area (TPSA) is 42.4 Å². The molecule has 21 heavy (non-hydrogen) atoms. The zero-order valence-electron chi connectivity index (χ0n) is 12.0. The fourth-order valence-corrected chi connectivity index (χ4v) is 3.06. The molecule has 0 unspecified atom stereocenters. The second-order valence-electron chi connectivity index (χ2n) is 5.30. The SMILES string of the molecule is Cc1cccc(OC2CCN(C(=O)c3cscn3)CC2)c1. The molecule has 1 aliphatic heterocycles. The van der Waals surface area contributed by atoms with E-state index in [-0.39, 0.29) is 12.0 Å². The maximum Gasteiger partial charge on any atom is 0.273 e. The van der Waals surface area contributed by atoms with E-state index < -0.39 is 0 Å². The van der Waals surface area contributed by atoms with Crippen LogP contribution >= 0.6 is 11.3 Å². The summed E-state index contributed by atoms with van der Waals surface area (Å²) in [6, 6.07) is 8.10. The summed E-state index contributed by atoms with van der Waals surface area (Å²) in [4.78, 5) is 18.1. The van der Waals surface area contributed by atoms with E-state index in [1.165, 1.54) is 16.9 Å². The summed E-state index contributed by atoms with van der Waals surface area (Å²) in [5, 5.41) is 1.80. The Hall–Kier alpha value is -1.88. The van der Waals surface area contributed by atoms with Gasteiger partial charge in [0.25, 0.3) is 5.91 Å². The minimum Gasteiger partial charge on any atom is -0.490 e. The number of piperidine rings is 1. The third-order valence-electron chi connectivity index (χ3n) is 3.67. The molecule has 1 amide bonds. The maximum absolute atomic E-state index is 12.2. The van der Waals surface area contributed by atoms with Gasteiger partial charge < -0.3 is 9.64 Å². The van der Waals surface area contributed by atoms with Crippen LogP contribution in [-0.4, -0.2) is 35.0 Å². The predicted molar refractivity (Wildman–Crippen MR) is 82.8 cm³/mol. The monoisotopic (exact) mass is 302 g/mol. The molecule has 1 aromatic carbocycles. The first kappa shape index (κ1) is 14.1. The van der Waals surface area contributed by atoms with E-state index in [0.29, 0.717) is 5.69 Å². The van der Waals surface area contributed by atoms with E-state index >= 15 is 0 Å². The Kier molecular flexibility index (Phi) is 4.20. The fourth-order valence-electron chi connectivity index (χ4n) is 2.54. The summed E-state index contributed by atoms with van der Waals surface area (Å²) in [6.45, 7) is 3.52. The van der Waals surface area contributed by atoms with Gasteiger partial charge in [-0.05, 0) is 24.6 Å². The van der Waals surface area contributed by atoms with Crippen LogP contribution in [0.4, 0.5) is 0 Å². The van der Waals surface area contributed by atoms with Crippen LogP contribution in [0, 0.1) is 6.92 Å². The highest BCUT2D eigenvalue weighted by Gasteiger charge is 2.25. The summed E-state index contributed by atoms with van der Waals surface area (Å²) < 4.78 is 6.00. The van der Waals surface area contributed by atoms with Gasteiger partial charge in [-0.2, -0.15) is 0 Å². The van der Waals surface area contributed by atoms with E-state index in [9.17, 15) is 4.79 Å². The van der Waals surface area contributed by atoms with Crippen molar-refractivity contribution in [3.8, 4) is 5.75 Å². The number of thiazole rings is 1. The fraction of sp³-hybridized carbons (Fsp3) is 0.375. The molecule has 0 saturated carbocycles. The van der Waals surface area contributed by atoms with E-state index in [4.69, 9.17) is 4.74 Å². The van der Waals surface area contributed by atoms with E-state index in [1.54, 1.807) is 10.9 Å². The van der Waals surface area contributed by atoms with Crippen molar-refractivity contribution < 1.29 is 9.53 Å². The first-order valence-electron chi connectivity index (χ1n) is 7.13. The van der Waals surface area contributed by atoms with Gasteiger partial charge in [0.05, 0.1) is 5.51 Å². The average molecular weight is 302 g/mol. The minimum atomic E-state index is 0.0326. The molecule has 1 saturated heterocycles. The molecular formula is C16H18N2O2S. The summed E-state index contributed by atoms with van der Waals surface area (Å²) in [5.74, 6) is 0.949. The number of nitrogens with zero attached hydrogens (tertiary/aromatic N) is 2. The Labute approximate surface area is 128 Å². The third-order valence-corrected chi connectivity index (χ3v) is 4.26. The smallest absolute Gasteiger partial charge is 0.273 e. The molecule has 3 rings (SSSR count). The lowest BCUT2D eigenvalue weighted by Crippen LogP contribution is -2.41. The molecule has 0 aliphatic carbocycles. The minimum absolute atomic E-state index is 0.0326. The molecule has 0 spiro atoms. The molecule has 0 bridgehead atoms. The lowest BCUT2D eigenvalue weighted by molar-refractivity contribution is 0.0591. The van der Waals surface area contributed by atoms with Gasteiger partial charge in [-0.1, -0.05) is 12.1 Å². The van der Waals surface area contributed by atoms with Crippen LogP contribution in [0.2, 0.25) is 0 Å². The molecule has 0 N–H and O–H groups in total. The van der Waals surface area contributed by atoms with Crippen molar-refractivity contribution in [1.82, 2.24) is 9.88 Å². The van der Waals surface area contributed by atoms with Crippen molar-refractivity contribution in [3.63, 3.8) is 0 Å². The number of carbonyl (C=O) groups is 1. The van der Waals surface area contributed by atoms with Crippen LogP contribution in [-0.2, 0) is 0 Å². The zero-order valence-corrected chi connectivity index (χ0v) is 12.8. The van der Waals surface area contributed by atoms with E-state index in [1.807, 2.05) is 23.1 Å². The van der Waals surface area contributed by atoms with Crippen LogP contribution in [0.3, 0.4) is 0 Å². The normalized spacial score (nSPS) is 16.0. The number of carbonyl (C=O) groups excluding carboxylic acids is 1. The van der Waals surface area contributed by atoms with Gasteiger partial charge >= 0.3 is 0 Å². The Morgan fingerprint density at radius 3 is 2.86 bits per heavy atom. The van der Waals surface area contributed by atoms with Crippen molar-refractivity contribution in [2.75, 3.05) is 13.1 Å².